The summed E-state index contributed by atoms with van der Waals surface area (Å²) in [6, 6.07) is 17.5. The first-order chi connectivity index (χ1) is 13.0. The van der Waals surface area contributed by atoms with Crippen LogP contribution in [0.15, 0.2) is 59.5 Å². The Hall–Kier alpha value is -2.64. The van der Waals surface area contributed by atoms with Crippen LogP contribution in [0.1, 0.15) is 11.1 Å². The van der Waals surface area contributed by atoms with Crippen LogP contribution in [-0.2, 0) is 16.0 Å². The maximum absolute atomic E-state index is 12.3. The second-order valence-corrected chi connectivity index (χ2v) is 7.49. The lowest BCUT2D eigenvalue weighted by Gasteiger charge is -2.10. The van der Waals surface area contributed by atoms with Gasteiger partial charge in [-0.15, -0.1) is 0 Å². The molecule has 138 valence electrons. The van der Waals surface area contributed by atoms with Crippen molar-refractivity contribution in [3.8, 4) is 5.75 Å². The lowest BCUT2D eigenvalue weighted by molar-refractivity contribution is -0.140. The highest BCUT2D eigenvalue weighted by Gasteiger charge is 2.33. The molecule has 0 spiro atoms. The van der Waals surface area contributed by atoms with Crippen molar-refractivity contribution in [2.45, 2.75) is 6.42 Å². The van der Waals surface area contributed by atoms with Gasteiger partial charge in [-0.05, 0) is 29.3 Å². The van der Waals surface area contributed by atoms with Gasteiger partial charge in [0.15, 0.2) is 0 Å². The number of carbonyl (C=O) groups is 2. The quantitative estimate of drug-likeness (QED) is 0.567. The monoisotopic (exact) mass is 399 g/mol. The highest BCUT2D eigenvalue weighted by molar-refractivity contribution is 8.26. The van der Waals surface area contributed by atoms with Gasteiger partial charge < -0.3 is 9.84 Å². The molecule has 1 amide bonds. The van der Waals surface area contributed by atoms with Gasteiger partial charge in [0.2, 0.25) is 0 Å². The summed E-state index contributed by atoms with van der Waals surface area (Å²) in [5.41, 5.74) is 2.04. The number of carboxylic acid groups (broad SMARTS) is 1. The fourth-order valence-corrected chi connectivity index (χ4v) is 3.77. The fourth-order valence-electron chi connectivity index (χ4n) is 2.51. The number of thiocarbonyl (C=S) groups is 1. The van der Waals surface area contributed by atoms with E-state index in [1.807, 2.05) is 42.5 Å². The number of hydrogen-bond acceptors (Lipinski definition) is 5. The number of carbonyl (C=O) groups excluding carboxylic acids is 1. The molecule has 27 heavy (non-hydrogen) atoms. The number of hydrogen-bond donors (Lipinski definition) is 1. The molecule has 0 unspecified atom stereocenters. The van der Waals surface area contributed by atoms with Crippen molar-refractivity contribution in [3.63, 3.8) is 0 Å². The van der Waals surface area contributed by atoms with Crippen LogP contribution >= 0.6 is 24.0 Å². The molecule has 2 aromatic rings. The lowest BCUT2D eigenvalue weighted by atomic mass is 10.2. The minimum absolute atomic E-state index is 0.259. The van der Waals surface area contributed by atoms with E-state index in [-0.39, 0.29) is 10.2 Å². The average Bonchev–Trinajstić information content (AvgIpc) is 2.91. The number of rotatable bonds is 7. The first-order valence-corrected chi connectivity index (χ1v) is 9.49. The van der Waals surface area contributed by atoms with E-state index in [0.29, 0.717) is 11.5 Å². The van der Waals surface area contributed by atoms with E-state index in [1.165, 1.54) is 5.56 Å². The molecule has 1 saturated heterocycles. The lowest BCUT2D eigenvalue weighted by Crippen LogP contribution is -2.33. The Balaban J connectivity index is 1.59. The Morgan fingerprint density at radius 1 is 1.15 bits per heavy atom. The Morgan fingerprint density at radius 2 is 1.85 bits per heavy atom. The Labute approximate surface area is 166 Å². The van der Waals surface area contributed by atoms with E-state index in [2.05, 4.69) is 12.1 Å². The van der Waals surface area contributed by atoms with Crippen LogP contribution in [0.2, 0.25) is 0 Å². The number of aliphatic carboxylic acids is 1. The van der Waals surface area contributed by atoms with Crippen molar-refractivity contribution in [2.24, 2.45) is 0 Å². The van der Waals surface area contributed by atoms with Crippen LogP contribution in [0.25, 0.3) is 6.08 Å². The maximum Gasteiger partial charge on any atom is 0.323 e. The first kappa shape index (κ1) is 19.1. The average molecular weight is 399 g/mol. The molecular formula is C20H17NO4S2. The molecule has 0 aromatic heterocycles. The molecule has 3 rings (SSSR count). The zero-order valence-electron chi connectivity index (χ0n) is 14.3. The molecule has 1 heterocycles. The molecule has 1 aliphatic heterocycles. The highest BCUT2D eigenvalue weighted by atomic mass is 32.2. The third kappa shape index (κ3) is 5.18. The summed E-state index contributed by atoms with van der Waals surface area (Å²) >= 11 is 6.19. The predicted octanol–water partition coefficient (Wildman–Crippen LogP) is 3.59. The van der Waals surface area contributed by atoms with E-state index in [9.17, 15) is 9.59 Å². The molecule has 1 N–H and O–H groups in total. The van der Waals surface area contributed by atoms with Gasteiger partial charge in [-0.2, -0.15) is 0 Å². The van der Waals surface area contributed by atoms with Crippen LogP contribution in [0.5, 0.6) is 5.75 Å². The van der Waals surface area contributed by atoms with Crippen molar-refractivity contribution in [1.82, 2.24) is 4.90 Å². The van der Waals surface area contributed by atoms with Crippen molar-refractivity contribution >= 4 is 46.3 Å². The third-order valence-corrected chi connectivity index (χ3v) is 5.22. The number of amides is 1. The molecule has 0 saturated carbocycles. The fraction of sp³-hybridized carbons (Fsp3) is 0.150. The molecule has 0 atom stereocenters. The molecule has 0 bridgehead atoms. The second-order valence-electron chi connectivity index (χ2n) is 5.81. The van der Waals surface area contributed by atoms with E-state index in [0.717, 1.165) is 34.4 Å². The van der Waals surface area contributed by atoms with Gasteiger partial charge in [0.25, 0.3) is 5.91 Å². The van der Waals surface area contributed by atoms with Crippen LogP contribution in [-0.4, -0.2) is 39.4 Å². The predicted molar refractivity (Wildman–Crippen MR) is 110 cm³/mol. The Morgan fingerprint density at radius 3 is 2.52 bits per heavy atom. The normalized spacial score (nSPS) is 15.4. The first-order valence-electron chi connectivity index (χ1n) is 8.27. The molecule has 1 fully saturated rings. The zero-order chi connectivity index (χ0) is 19.2. The number of carboxylic acids is 1. The number of nitrogens with zero attached hydrogens (tertiary/aromatic N) is 1. The number of ether oxygens (including phenoxy) is 1. The van der Waals surface area contributed by atoms with Gasteiger partial charge in [0, 0.05) is 6.42 Å². The van der Waals surface area contributed by atoms with E-state index in [1.54, 1.807) is 6.08 Å². The highest BCUT2D eigenvalue weighted by Crippen LogP contribution is 2.32. The van der Waals surface area contributed by atoms with Crippen LogP contribution < -0.4 is 4.74 Å². The van der Waals surface area contributed by atoms with E-state index < -0.39 is 12.5 Å². The summed E-state index contributed by atoms with van der Waals surface area (Å²) in [5.74, 6) is -0.721. The standard InChI is InChI=1S/C20H17NO4S2/c22-18(23)13-21-19(24)17(27-20(21)26)12-15-6-8-16(9-7-15)25-11-10-14-4-2-1-3-5-14/h1-9,12H,10-11,13H2,(H,22,23). The molecule has 0 radical (unpaired) electrons. The maximum atomic E-state index is 12.3. The van der Waals surface area contributed by atoms with Gasteiger partial charge in [-0.3, -0.25) is 14.5 Å². The smallest absolute Gasteiger partial charge is 0.323 e. The minimum Gasteiger partial charge on any atom is -0.493 e. The van der Waals surface area contributed by atoms with Crippen molar-refractivity contribution < 1.29 is 19.4 Å². The van der Waals surface area contributed by atoms with E-state index in [4.69, 9.17) is 22.1 Å². The molecular weight excluding hydrogens is 382 g/mol. The minimum atomic E-state index is -1.09. The van der Waals surface area contributed by atoms with Gasteiger partial charge in [-0.25, -0.2) is 0 Å². The van der Waals surface area contributed by atoms with Gasteiger partial charge in [0.05, 0.1) is 11.5 Å². The molecule has 1 aliphatic rings. The second kappa shape index (κ2) is 8.83. The SMILES string of the molecule is O=C(O)CN1C(=O)C(=Cc2ccc(OCCc3ccccc3)cc2)SC1=S. The van der Waals surface area contributed by atoms with E-state index >= 15 is 0 Å². The Kier molecular flexibility index (Phi) is 6.26. The molecule has 5 nitrogen and oxygen atoms in total. The number of thioether (sulfide) groups is 1. The van der Waals surface area contributed by atoms with Crippen molar-refractivity contribution in [1.29, 1.82) is 0 Å². The largest absolute Gasteiger partial charge is 0.493 e. The summed E-state index contributed by atoms with van der Waals surface area (Å²) < 4.78 is 6.01. The topological polar surface area (TPSA) is 66.8 Å². The molecule has 2 aromatic carbocycles. The van der Waals surface area contributed by atoms with Gasteiger partial charge in [0.1, 0.15) is 16.6 Å². The number of benzene rings is 2. The zero-order valence-corrected chi connectivity index (χ0v) is 16.0. The summed E-state index contributed by atoms with van der Waals surface area (Å²) in [6.45, 7) is 0.160. The van der Waals surface area contributed by atoms with Crippen LogP contribution in [0.3, 0.4) is 0 Å². The molecule has 0 aliphatic carbocycles. The summed E-state index contributed by atoms with van der Waals surface area (Å²) in [6.07, 6.45) is 2.53. The van der Waals surface area contributed by atoms with Crippen molar-refractivity contribution in [3.05, 3.63) is 70.6 Å². The summed E-state index contributed by atoms with van der Waals surface area (Å²) in [5, 5.41) is 8.86. The van der Waals surface area contributed by atoms with Crippen LogP contribution in [0.4, 0.5) is 0 Å². The summed E-state index contributed by atoms with van der Waals surface area (Å²) in [7, 11) is 0. The van der Waals surface area contributed by atoms with Crippen molar-refractivity contribution in [2.75, 3.05) is 13.2 Å². The van der Waals surface area contributed by atoms with Gasteiger partial charge in [-0.1, -0.05) is 66.4 Å². The van der Waals surface area contributed by atoms with Gasteiger partial charge >= 0.3 is 5.97 Å². The summed E-state index contributed by atoms with van der Waals surface area (Å²) in [4.78, 5) is 24.6. The third-order valence-electron chi connectivity index (χ3n) is 3.85. The van der Waals surface area contributed by atoms with Crippen LogP contribution in [0, 0.1) is 0 Å². The Bertz CT molecular complexity index is 879. The molecule has 7 heteroatoms.